The first-order valence-corrected chi connectivity index (χ1v) is 31.7. The van der Waals surface area contributed by atoms with Crippen molar-refractivity contribution in [1.82, 2.24) is 74.4 Å². The number of rotatable bonds is 17. The Bertz CT molecular complexity index is 4550. The maximum Gasteiger partial charge on any atom is 0.258 e. The van der Waals surface area contributed by atoms with E-state index in [4.69, 9.17) is 41.9 Å². The smallest absolute Gasteiger partial charge is 0.258 e. The number of nitrogen functional groups attached to an aromatic ring is 3. The second kappa shape index (κ2) is 35.0. The summed E-state index contributed by atoms with van der Waals surface area (Å²) in [6.45, 7) is 3.12. The Morgan fingerprint density at radius 1 is 0.720 bits per heavy atom. The van der Waals surface area contributed by atoms with E-state index < -0.39 is 74.6 Å². The van der Waals surface area contributed by atoms with Gasteiger partial charge in [0.1, 0.15) is 82.8 Å². The van der Waals surface area contributed by atoms with Gasteiger partial charge >= 0.3 is 0 Å². The summed E-state index contributed by atoms with van der Waals surface area (Å²) in [6.07, 6.45) is -5.84. The van der Waals surface area contributed by atoms with Gasteiger partial charge in [-0.05, 0) is 149 Å². The van der Waals surface area contributed by atoms with E-state index in [-0.39, 0.29) is 122 Å². The number of benzene rings is 3. The van der Waals surface area contributed by atoms with E-state index in [0.29, 0.717) is 21.4 Å². The molecule has 0 fully saturated rings. The molecule has 2 bridgehead atoms. The molecule has 7 heterocycles. The molecule has 2 amide bonds. The minimum absolute atomic E-state index is 0.00202. The zero-order valence-corrected chi connectivity index (χ0v) is 58.5. The number of hydrogen-bond donors (Lipinski definition) is 4. The predicted octanol–water partition coefficient (Wildman–Crippen LogP) is 11.1. The van der Waals surface area contributed by atoms with Crippen molar-refractivity contribution in [3.8, 4) is 47.1 Å². The number of carbonyl (C=O) groups excluding carboxylic acids is 2. The maximum atomic E-state index is 14.1. The fourth-order valence-corrected chi connectivity index (χ4v) is 10.8. The summed E-state index contributed by atoms with van der Waals surface area (Å²) in [5, 5.41) is 41.5. The monoisotopic (exact) mass is 1630 g/mol. The van der Waals surface area contributed by atoms with Gasteiger partial charge in [0.15, 0.2) is 34.5 Å². The molecule has 100 heavy (non-hydrogen) atoms. The van der Waals surface area contributed by atoms with Gasteiger partial charge in [-0.1, -0.05) is 0 Å². The van der Waals surface area contributed by atoms with Crippen LogP contribution in [0.4, 0.5) is 57.0 Å². The number of carbonyl (C=O) groups is 2. The lowest BCUT2D eigenvalue weighted by Crippen LogP contribution is -2.30. The normalized spacial score (nSPS) is 13.0. The van der Waals surface area contributed by atoms with Crippen molar-refractivity contribution < 1.29 is 63.3 Å². The minimum Gasteiger partial charge on any atom is -0.467 e. The highest BCUT2D eigenvalue weighted by Crippen LogP contribution is 2.35. The van der Waals surface area contributed by atoms with Crippen LogP contribution < -0.4 is 36.7 Å². The van der Waals surface area contributed by atoms with Gasteiger partial charge in [0, 0.05) is 52.0 Å². The van der Waals surface area contributed by atoms with E-state index >= 15 is 0 Å². The van der Waals surface area contributed by atoms with E-state index in [1.165, 1.54) is 85.0 Å². The van der Waals surface area contributed by atoms with Gasteiger partial charge in [0.2, 0.25) is 0 Å². The summed E-state index contributed by atoms with van der Waals surface area (Å²) < 4.78 is 140. The SMILES string of the molecule is CNCc1cc(C#N)nn1CC(F)F.C[C@@H](Oc1nc(Br)cnc1N)c1cc(F)ccc1C(=O)N(C)Cc1cc(C#N)nn1CC(F)F.C[C@@H](Oc1nc(Br)cnc1N)c1cc(F)ccc1I.C[C@H]1Oc2nc(cnc2N)-c2c(C#N)nn(CC(F)F)c2CN(C)C(=O)c2ccc(F)cc21. The molecule has 0 spiro atoms. The molecule has 0 unspecified atom stereocenters. The molecule has 7 N–H and O–H groups in total. The average molecular weight is 1630 g/mol. The summed E-state index contributed by atoms with van der Waals surface area (Å²) >= 11 is 8.49. The maximum absolute atomic E-state index is 14.1. The van der Waals surface area contributed by atoms with Crippen LogP contribution in [0.5, 0.6) is 17.6 Å². The molecule has 3 atom stereocenters. The summed E-state index contributed by atoms with van der Waals surface area (Å²) in [4.78, 5) is 53.4. The van der Waals surface area contributed by atoms with Crippen LogP contribution in [0.25, 0.3) is 11.3 Å². The van der Waals surface area contributed by atoms with Crippen LogP contribution in [0, 0.1) is 55.0 Å². The molecule has 10 rings (SSSR count). The van der Waals surface area contributed by atoms with Crippen LogP contribution in [0.3, 0.4) is 0 Å². The minimum atomic E-state index is -2.76. The van der Waals surface area contributed by atoms with E-state index in [1.807, 2.05) is 12.1 Å². The Kier molecular flexibility index (Phi) is 27.0. The molecule has 3 aromatic carbocycles. The Morgan fingerprint density at radius 2 is 1.23 bits per heavy atom. The van der Waals surface area contributed by atoms with Crippen molar-refractivity contribution >= 4 is 83.7 Å². The number of anilines is 3. The summed E-state index contributed by atoms with van der Waals surface area (Å²) in [5.41, 5.74) is 20.1. The highest BCUT2D eigenvalue weighted by Gasteiger charge is 2.30. The van der Waals surface area contributed by atoms with Crippen LogP contribution in [0.15, 0.2) is 94.5 Å². The molecule has 26 nitrogen and oxygen atoms in total. The lowest BCUT2D eigenvalue weighted by atomic mass is 10.0. The third kappa shape index (κ3) is 20.2. The highest BCUT2D eigenvalue weighted by molar-refractivity contribution is 14.1. The standard InChI is InChI=1S/C21H19BrF3N7O2.C21H18F3N7O2.C12H10BrFIN3O.C8H10F2N4/c1-11(34-20-19(27)28-8-17(22)29-20)16-5-12(23)3-4-15(16)21(33)31(2)9-14-6-13(7-26)30-32(14)10-18(24)25;1-10-13-5-11(22)3-4-12(13)21(32)30(2)8-16-18(14(6-25)29-31(16)9-17(23)24)15-7-27-19(26)20(28-15)33-10;1-6(8-4-7(14)2-3-9(8)15)19-12-11(16)17-5-10(13)18-12;1-12-4-7-2-6(3-11)13-14(7)5-8(9)10/h3-6,8,11,18H,9-10H2,1-2H3,(H2,27,28);3-5,7,10,17H,8-9H2,1-2H3,(H2,26,27);2-6H,1H3,(H2,16,17);2,8,12H,4-5H2,1H3/t11-;10-;6-;/m111./s1. The van der Waals surface area contributed by atoms with Gasteiger partial charge < -0.3 is 46.5 Å². The van der Waals surface area contributed by atoms with Crippen molar-refractivity contribution in [3.63, 3.8) is 0 Å². The van der Waals surface area contributed by atoms with Gasteiger partial charge in [-0.3, -0.25) is 23.6 Å². The molecule has 9 aromatic rings. The first-order valence-electron chi connectivity index (χ1n) is 29.1. The summed E-state index contributed by atoms with van der Waals surface area (Å²) in [6, 6.07) is 20.1. The second-order valence-electron chi connectivity index (χ2n) is 21.2. The fraction of sp³-hybridized carbons (Fsp3) is 0.290. The molecule has 0 saturated carbocycles. The third-order valence-corrected chi connectivity index (χ3v) is 15.8. The second-order valence-corrected chi connectivity index (χ2v) is 24.0. The molecule has 0 radical (unpaired) electrons. The number of alkyl halides is 6. The quantitative estimate of drug-likeness (QED) is 0.0486. The molecule has 38 heteroatoms. The Hall–Kier alpha value is -10.2. The van der Waals surface area contributed by atoms with Crippen molar-refractivity contribution in [1.29, 1.82) is 15.8 Å². The summed E-state index contributed by atoms with van der Waals surface area (Å²) in [7, 11) is 4.61. The zero-order valence-electron chi connectivity index (χ0n) is 53.2. The van der Waals surface area contributed by atoms with Crippen LogP contribution in [0.1, 0.15) is 111 Å². The summed E-state index contributed by atoms with van der Waals surface area (Å²) in [5.74, 6) is -2.27. The Labute approximate surface area is 594 Å². The molecule has 0 saturated heterocycles. The van der Waals surface area contributed by atoms with Gasteiger partial charge in [-0.15, -0.1) is 0 Å². The van der Waals surface area contributed by atoms with Gasteiger partial charge in [-0.2, -0.15) is 31.1 Å². The number of nitrogens with one attached hydrogen (secondary N) is 1. The number of ether oxygens (including phenoxy) is 3. The lowest BCUT2D eigenvalue weighted by molar-refractivity contribution is 0.0764. The molecule has 524 valence electrons. The molecule has 1 aliphatic rings. The number of fused-ring (bicyclic) bond motifs is 5. The van der Waals surface area contributed by atoms with Crippen LogP contribution >= 0.6 is 54.5 Å². The molecule has 1 aliphatic heterocycles. The Balaban J connectivity index is 0.000000198. The Morgan fingerprint density at radius 3 is 1.79 bits per heavy atom. The van der Waals surface area contributed by atoms with Crippen molar-refractivity contribution in [2.75, 3.05) is 38.3 Å². The molecule has 0 aliphatic carbocycles. The van der Waals surface area contributed by atoms with Gasteiger partial charge in [0.05, 0.1) is 60.0 Å². The number of nitrogens with two attached hydrogens (primary N) is 3. The van der Waals surface area contributed by atoms with Crippen LogP contribution in [0.2, 0.25) is 0 Å². The van der Waals surface area contributed by atoms with E-state index in [2.05, 4.69) is 105 Å². The topological polar surface area (TPSA) is 361 Å². The van der Waals surface area contributed by atoms with Crippen LogP contribution in [-0.4, -0.2) is 121 Å². The number of nitriles is 3. The number of hydrogen-bond acceptors (Lipinski definition) is 21. The number of nitrogens with zero attached hydrogens (tertiary/aromatic N) is 17. The van der Waals surface area contributed by atoms with Crippen molar-refractivity contribution in [2.24, 2.45) is 0 Å². The highest BCUT2D eigenvalue weighted by atomic mass is 127. The first-order chi connectivity index (χ1) is 47.4. The number of halogens is 12. The van der Waals surface area contributed by atoms with Crippen molar-refractivity contribution in [2.45, 2.75) is 97.6 Å². The largest absolute Gasteiger partial charge is 0.467 e. The van der Waals surface area contributed by atoms with Gasteiger partial charge in [0.25, 0.3) is 48.7 Å². The lowest BCUT2D eigenvalue weighted by Gasteiger charge is -2.24. The number of aromatic nitrogens is 12. The number of amides is 2. The predicted molar refractivity (Wildman–Crippen MR) is 356 cm³/mol. The first kappa shape index (κ1) is 77.1. The molecular weight excluding hydrogens is 1580 g/mol. The van der Waals surface area contributed by atoms with E-state index in [1.54, 1.807) is 40.0 Å². The molecular formula is C62H57Br2F9IN21O5. The van der Waals surface area contributed by atoms with Gasteiger partial charge in [-0.25, -0.2) is 69.4 Å². The average Bonchev–Trinajstić information content (AvgIpc) is 1.55. The molecule has 6 aromatic heterocycles. The van der Waals surface area contributed by atoms with Crippen molar-refractivity contribution in [3.05, 3.63) is 178 Å². The van der Waals surface area contributed by atoms with Crippen LogP contribution in [-0.2, 0) is 39.3 Å². The fourth-order valence-electron chi connectivity index (χ4n) is 9.49. The van der Waals surface area contributed by atoms with E-state index in [0.717, 1.165) is 41.4 Å². The third-order valence-electron chi connectivity index (χ3n) is 14.0. The van der Waals surface area contributed by atoms with E-state index in [9.17, 15) is 54.4 Å². The zero-order chi connectivity index (χ0) is 73.4.